The molecule has 1 aliphatic carbocycles. The highest BCUT2D eigenvalue weighted by Gasteiger charge is 2.31. The lowest BCUT2D eigenvalue weighted by Gasteiger charge is -2.27. The molecule has 0 bridgehead atoms. The third-order valence-corrected chi connectivity index (χ3v) is 5.95. The Balaban J connectivity index is 1.70. The number of carbonyl (C=O) groups is 2. The fourth-order valence-electron chi connectivity index (χ4n) is 4.10. The molecule has 1 aromatic heterocycles. The van der Waals surface area contributed by atoms with Crippen LogP contribution in [0.25, 0.3) is 22.2 Å². The topological polar surface area (TPSA) is 95.0 Å². The number of ether oxygens (including phenoxy) is 1. The van der Waals surface area contributed by atoms with Crippen molar-refractivity contribution in [2.75, 3.05) is 12.4 Å². The number of carbonyl (C=O) groups excluding carboxylic acids is 2. The highest BCUT2D eigenvalue weighted by Crippen LogP contribution is 2.36. The van der Waals surface area contributed by atoms with Gasteiger partial charge in [-0.25, -0.2) is 10.1 Å². The molecule has 7 heteroatoms. The van der Waals surface area contributed by atoms with Crippen LogP contribution in [0.15, 0.2) is 42.5 Å². The second-order valence-corrected chi connectivity index (χ2v) is 7.75. The molecule has 30 heavy (non-hydrogen) atoms. The average molecular weight is 399 g/mol. The molecule has 2 N–H and O–H groups in total. The van der Waals surface area contributed by atoms with Crippen molar-refractivity contribution < 1.29 is 14.3 Å². The van der Waals surface area contributed by atoms with Crippen molar-refractivity contribution in [3.8, 4) is 17.2 Å². The molecule has 0 unspecified atom stereocenters. The SMILES string of the molecule is COC(=O)c1cc(NC=O)cc2[nH]c(-c3cccc(CB(C#N)C4CCC4)c3)cc12. The fourth-order valence-corrected chi connectivity index (χ4v) is 4.10. The van der Waals surface area contributed by atoms with E-state index in [1.54, 1.807) is 12.1 Å². The van der Waals surface area contributed by atoms with Crippen molar-refractivity contribution in [1.82, 2.24) is 4.98 Å². The highest BCUT2D eigenvalue weighted by molar-refractivity contribution is 6.68. The van der Waals surface area contributed by atoms with Gasteiger partial charge in [-0.1, -0.05) is 49.1 Å². The summed E-state index contributed by atoms with van der Waals surface area (Å²) >= 11 is 0. The average Bonchev–Trinajstić information content (AvgIpc) is 3.15. The summed E-state index contributed by atoms with van der Waals surface area (Å²) in [5, 5.41) is 12.9. The quantitative estimate of drug-likeness (QED) is 0.350. The molecule has 1 fully saturated rings. The molecule has 1 aliphatic rings. The number of esters is 1. The summed E-state index contributed by atoms with van der Waals surface area (Å²) < 4.78 is 4.91. The van der Waals surface area contributed by atoms with Crippen LogP contribution >= 0.6 is 0 Å². The van der Waals surface area contributed by atoms with E-state index in [0.29, 0.717) is 23.5 Å². The Morgan fingerprint density at radius 1 is 1.33 bits per heavy atom. The standard InChI is InChI=1S/C23H22BN3O3/c1-30-23(29)20-9-18(26-14-28)10-22-19(20)11-21(27-22)16-5-2-4-15(8-16)12-24(13-25)17-6-3-7-17/h2,4-5,8-11,14,17,27H,3,6-7,12H2,1H3,(H,26,28). The predicted molar refractivity (Wildman–Crippen MR) is 117 cm³/mol. The number of benzene rings is 2. The van der Waals surface area contributed by atoms with Crippen LogP contribution in [0.1, 0.15) is 35.2 Å². The second kappa shape index (κ2) is 8.46. The van der Waals surface area contributed by atoms with Crippen LogP contribution in [0.4, 0.5) is 5.69 Å². The molecule has 0 spiro atoms. The lowest BCUT2D eigenvalue weighted by atomic mass is 9.35. The van der Waals surface area contributed by atoms with Gasteiger partial charge in [-0.15, -0.1) is 0 Å². The number of anilines is 1. The molecule has 0 saturated heterocycles. The zero-order valence-electron chi connectivity index (χ0n) is 16.8. The molecular weight excluding hydrogens is 377 g/mol. The molecule has 0 radical (unpaired) electrons. The number of aromatic amines is 1. The van der Waals surface area contributed by atoms with Gasteiger partial charge in [0.05, 0.1) is 12.7 Å². The van der Waals surface area contributed by atoms with E-state index in [0.717, 1.165) is 46.9 Å². The Morgan fingerprint density at radius 3 is 2.83 bits per heavy atom. The minimum absolute atomic E-state index is 0.0552. The Kier molecular flexibility index (Phi) is 5.58. The maximum absolute atomic E-state index is 12.3. The maximum Gasteiger partial charge on any atom is 0.338 e. The number of rotatable bonds is 7. The summed E-state index contributed by atoms with van der Waals surface area (Å²) in [6.07, 6.45) is 4.83. The Bertz CT molecular complexity index is 1140. The van der Waals surface area contributed by atoms with E-state index in [1.165, 1.54) is 13.5 Å². The van der Waals surface area contributed by atoms with E-state index in [9.17, 15) is 14.9 Å². The van der Waals surface area contributed by atoms with Crippen LogP contribution in [0, 0.1) is 11.2 Å². The van der Waals surface area contributed by atoms with Crippen LogP contribution in [0.5, 0.6) is 0 Å². The summed E-state index contributed by atoms with van der Waals surface area (Å²) in [6.45, 7) is 0.0552. The van der Waals surface area contributed by atoms with Gasteiger partial charge in [0, 0.05) is 28.3 Å². The molecule has 2 aromatic carbocycles. The number of amides is 1. The molecule has 0 atom stereocenters. The molecule has 1 amide bonds. The summed E-state index contributed by atoms with van der Waals surface area (Å²) in [5.41, 5.74) is 4.59. The smallest absolute Gasteiger partial charge is 0.338 e. The van der Waals surface area contributed by atoms with Crippen molar-refractivity contribution in [2.24, 2.45) is 0 Å². The minimum Gasteiger partial charge on any atom is -0.465 e. The first-order chi connectivity index (χ1) is 14.6. The fraction of sp³-hybridized carbons (Fsp3) is 0.261. The van der Waals surface area contributed by atoms with Gasteiger partial charge < -0.3 is 15.0 Å². The zero-order valence-corrected chi connectivity index (χ0v) is 16.8. The molecular formula is C23H22BN3O3. The summed E-state index contributed by atoms with van der Waals surface area (Å²) in [5.74, 6) is 2.53. The number of nitriles is 1. The Labute approximate surface area is 175 Å². The number of fused-ring (bicyclic) bond motifs is 1. The number of aromatic nitrogens is 1. The number of nitrogens with one attached hydrogen (secondary N) is 2. The minimum atomic E-state index is -0.466. The molecule has 150 valence electrons. The summed E-state index contributed by atoms with van der Waals surface area (Å²) in [6, 6.07) is 13.4. The number of nitrogens with zero attached hydrogens (tertiary/aromatic N) is 1. The van der Waals surface area contributed by atoms with Gasteiger partial charge >= 0.3 is 5.97 Å². The van der Waals surface area contributed by atoms with Crippen LogP contribution < -0.4 is 5.32 Å². The normalized spacial score (nSPS) is 13.3. The number of hydrogen-bond donors (Lipinski definition) is 2. The lowest BCUT2D eigenvalue weighted by Crippen LogP contribution is -2.27. The van der Waals surface area contributed by atoms with E-state index in [4.69, 9.17) is 4.74 Å². The molecule has 3 aromatic rings. The lowest BCUT2D eigenvalue weighted by molar-refractivity contribution is -0.105. The van der Waals surface area contributed by atoms with E-state index >= 15 is 0 Å². The molecule has 0 aliphatic heterocycles. The van der Waals surface area contributed by atoms with Gasteiger partial charge in [-0.05, 0) is 35.9 Å². The third kappa shape index (κ3) is 3.81. The second-order valence-electron chi connectivity index (χ2n) is 7.75. The van der Waals surface area contributed by atoms with Gasteiger partial charge in [-0.3, -0.25) is 4.79 Å². The Morgan fingerprint density at radius 2 is 2.17 bits per heavy atom. The van der Waals surface area contributed by atoms with Gasteiger partial charge in [0.25, 0.3) is 6.71 Å². The van der Waals surface area contributed by atoms with Gasteiger partial charge in [0.1, 0.15) is 0 Å². The summed E-state index contributed by atoms with van der Waals surface area (Å²) in [4.78, 5) is 26.4. The van der Waals surface area contributed by atoms with Crippen LogP contribution in [0.2, 0.25) is 5.82 Å². The van der Waals surface area contributed by atoms with E-state index in [-0.39, 0.29) is 6.71 Å². The van der Waals surface area contributed by atoms with E-state index in [1.807, 2.05) is 18.2 Å². The van der Waals surface area contributed by atoms with E-state index in [2.05, 4.69) is 28.4 Å². The first-order valence-corrected chi connectivity index (χ1v) is 10.1. The van der Waals surface area contributed by atoms with Gasteiger partial charge in [0.15, 0.2) is 0 Å². The van der Waals surface area contributed by atoms with E-state index < -0.39 is 5.97 Å². The van der Waals surface area contributed by atoms with Gasteiger partial charge in [0.2, 0.25) is 6.41 Å². The Hall–Kier alpha value is -3.53. The molecule has 1 saturated carbocycles. The van der Waals surface area contributed by atoms with Crippen LogP contribution in [0.3, 0.4) is 0 Å². The maximum atomic E-state index is 12.3. The number of methoxy groups -OCH3 is 1. The van der Waals surface area contributed by atoms with Crippen molar-refractivity contribution in [3.63, 3.8) is 0 Å². The van der Waals surface area contributed by atoms with Crippen LogP contribution in [-0.4, -0.2) is 31.2 Å². The number of H-pyrrole nitrogens is 1. The predicted octanol–water partition coefficient (Wildman–Crippen LogP) is 4.38. The van der Waals surface area contributed by atoms with Crippen LogP contribution in [-0.2, 0) is 15.9 Å². The highest BCUT2D eigenvalue weighted by atomic mass is 16.5. The summed E-state index contributed by atoms with van der Waals surface area (Å²) in [7, 11) is 1.33. The molecule has 6 nitrogen and oxygen atoms in total. The largest absolute Gasteiger partial charge is 0.465 e. The first kappa shape index (κ1) is 19.8. The third-order valence-electron chi connectivity index (χ3n) is 5.95. The molecule has 1 heterocycles. The van der Waals surface area contributed by atoms with Crippen molar-refractivity contribution in [3.05, 3.63) is 53.6 Å². The monoisotopic (exact) mass is 399 g/mol. The number of hydrogen-bond acceptors (Lipinski definition) is 4. The molecule has 4 rings (SSSR count). The van der Waals surface area contributed by atoms with Gasteiger partial charge in [-0.2, -0.15) is 0 Å². The zero-order chi connectivity index (χ0) is 21.1. The van der Waals surface area contributed by atoms with Crippen molar-refractivity contribution >= 4 is 35.7 Å². The van der Waals surface area contributed by atoms with Crippen molar-refractivity contribution in [2.45, 2.75) is 31.4 Å². The first-order valence-electron chi connectivity index (χ1n) is 10.1. The van der Waals surface area contributed by atoms with Crippen molar-refractivity contribution in [1.29, 1.82) is 5.26 Å².